The van der Waals surface area contributed by atoms with Crippen LogP contribution in [0.2, 0.25) is 0 Å². The lowest BCUT2D eigenvalue weighted by atomic mass is 9.90. The van der Waals surface area contributed by atoms with Crippen molar-refractivity contribution in [1.29, 1.82) is 0 Å². The second-order valence-corrected chi connectivity index (χ2v) is 10.3. The number of aliphatic hydroxyl groups excluding tert-OH is 1. The van der Waals surface area contributed by atoms with Crippen LogP contribution in [0, 0.1) is 5.82 Å². The average Bonchev–Trinajstić information content (AvgIpc) is 3.47. The van der Waals surface area contributed by atoms with Gasteiger partial charge in [0.05, 0.1) is 36.8 Å². The van der Waals surface area contributed by atoms with Crippen LogP contribution in [-0.2, 0) is 6.42 Å². The van der Waals surface area contributed by atoms with Gasteiger partial charge in [0.1, 0.15) is 12.4 Å². The summed E-state index contributed by atoms with van der Waals surface area (Å²) in [6.45, 7) is 2.18. The van der Waals surface area contributed by atoms with E-state index in [2.05, 4.69) is 20.2 Å². The Bertz CT molecular complexity index is 1220. The molecule has 200 valence electrons. The molecule has 0 aliphatic carbocycles. The fourth-order valence-electron chi connectivity index (χ4n) is 5.73. The van der Waals surface area contributed by atoms with Crippen molar-refractivity contribution in [2.45, 2.75) is 50.2 Å². The Morgan fingerprint density at radius 3 is 2.81 bits per heavy atom. The van der Waals surface area contributed by atoms with Crippen LogP contribution in [0.15, 0.2) is 36.5 Å². The molecule has 1 fully saturated rings. The van der Waals surface area contributed by atoms with Gasteiger partial charge < -0.3 is 20.3 Å². The molecule has 3 aromatic rings. The van der Waals surface area contributed by atoms with Gasteiger partial charge in [0.2, 0.25) is 0 Å². The van der Waals surface area contributed by atoms with Crippen LogP contribution in [0.25, 0.3) is 10.9 Å². The average molecular weight is 520 g/mol. The number of aliphatic hydroxyl groups is 1. The van der Waals surface area contributed by atoms with Crippen LogP contribution in [0.3, 0.4) is 0 Å². The fourth-order valence-corrected chi connectivity index (χ4v) is 5.73. The second-order valence-electron chi connectivity index (χ2n) is 10.3. The molecule has 2 aliphatic heterocycles. The molecule has 0 saturated carbocycles. The summed E-state index contributed by atoms with van der Waals surface area (Å²) in [6.07, 6.45) is 3.67. The third-order valence-corrected chi connectivity index (χ3v) is 7.53. The minimum atomic E-state index is -3.28. The van der Waals surface area contributed by atoms with Gasteiger partial charge in [-0.05, 0) is 62.1 Å². The van der Waals surface area contributed by atoms with Crippen LogP contribution in [0.1, 0.15) is 42.8 Å². The third kappa shape index (κ3) is 5.46. The second kappa shape index (κ2) is 10.6. The van der Waals surface area contributed by atoms with Gasteiger partial charge in [-0.15, -0.1) is 0 Å². The van der Waals surface area contributed by atoms with E-state index in [0.717, 1.165) is 53.9 Å². The van der Waals surface area contributed by atoms with Crippen molar-refractivity contribution in [2.24, 2.45) is 0 Å². The van der Waals surface area contributed by atoms with Gasteiger partial charge in [0, 0.05) is 48.3 Å². The van der Waals surface area contributed by atoms with Gasteiger partial charge >= 0.3 is 0 Å². The number of benzene rings is 1. The smallest absolute Gasteiger partial charge is 0.283 e. The van der Waals surface area contributed by atoms with Crippen LogP contribution >= 0.6 is 0 Å². The summed E-state index contributed by atoms with van der Waals surface area (Å²) >= 11 is 0. The van der Waals surface area contributed by atoms with E-state index in [1.165, 1.54) is 12.1 Å². The van der Waals surface area contributed by atoms with Crippen molar-refractivity contribution < 1.29 is 22.7 Å². The summed E-state index contributed by atoms with van der Waals surface area (Å²) in [5.41, 5.74) is 3.79. The van der Waals surface area contributed by atoms with Crippen LogP contribution < -0.4 is 5.32 Å². The quantitative estimate of drug-likeness (QED) is 0.363. The molecule has 1 saturated heterocycles. The highest BCUT2D eigenvalue weighted by atomic mass is 19.3. The summed E-state index contributed by atoms with van der Waals surface area (Å²) in [5.74, 6) is -3.63. The number of halogens is 4. The summed E-state index contributed by atoms with van der Waals surface area (Å²) < 4.78 is 55.4. The number of nitrogens with zero attached hydrogens (tertiary/aromatic N) is 3. The molecular weight excluding hydrogens is 486 g/mol. The molecule has 0 radical (unpaired) electrons. The van der Waals surface area contributed by atoms with Crippen LogP contribution in [-0.4, -0.2) is 82.3 Å². The number of pyridine rings is 1. The molecule has 0 bridgehead atoms. The van der Waals surface area contributed by atoms with Gasteiger partial charge in [0.25, 0.3) is 5.92 Å². The van der Waals surface area contributed by atoms with Gasteiger partial charge in [0.15, 0.2) is 0 Å². The Kier molecular flexibility index (Phi) is 7.42. The van der Waals surface area contributed by atoms with Crippen molar-refractivity contribution in [3.8, 4) is 0 Å². The van der Waals surface area contributed by atoms with Crippen molar-refractivity contribution in [3.05, 3.63) is 59.3 Å². The largest absolute Gasteiger partial charge is 0.390 e. The molecule has 1 aromatic carbocycles. The predicted octanol–water partition coefficient (Wildman–Crippen LogP) is 4.51. The Balaban J connectivity index is 1.43. The number of hydrogen-bond acceptors (Lipinski definition) is 5. The van der Waals surface area contributed by atoms with E-state index in [1.54, 1.807) is 17.2 Å². The maximum absolute atomic E-state index is 14.4. The van der Waals surface area contributed by atoms with E-state index >= 15 is 0 Å². The minimum Gasteiger partial charge on any atom is -0.390 e. The van der Waals surface area contributed by atoms with Crippen molar-refractivity contribution in [2.75, 3.05) is 44.8 Å². The molecular formula is C27H33F4N5O. The maximum atomic E-state index is 14.4. The number of rotatable bonds is 9. The van der Waals surface area contributed by atoms with E-state index in [1.807, 2.05) is 19.1 Å². The van der Waals surface area contributed by atoms with E-state index in [-0.39, 0.29) is 24.6 Å². The Morgan fingerprint density at radius 1 is 1.24 bits per heavy atom. The zero-order chi connectivity index (χ0) is 26.2. The standard InChI is InChI=1S/C27H33F4N5O/c1-17-11-22-21-12-18(29)3-5-23(21)34-25(22)26(36(17)15-27(30,31)16-37)24-6-4-19(13-32-24)33-20-7-10-35(14-20)9-2-8-28/h3-6,12-13,17,20,26,33-34,37H,2,7-11,14-16H2,1H3/t17-,20?,26-/m1/s1. The number of likely N-dealkylation sites (tertiary alicyclic amines) is 1. The molecule has 2 aliphatic rings. The molecule has 10 heteroatoms. The first-order valence-corrected chi connectivity index (χ1v) is 12.8. The van der Waals surface area contributed by atoms with Crippen molar-refractivity contribution >= 4 is 16.6 Å². The molecule has 2 aromatic heterocycles. The minimum absolute atomic E-state index is 0.233. The number of H-pyrrole nitrogens is 1. The monoisotopic (exact) mass is 519 g/mol. The first-order chi connectivity index (χ1) is 17.8. The maximum Gasteiger partial charge on any atom is 0.283 e. The van der Waals surface area contributed by atoms with Gasteiger partial charge in [-0.1, -0.05) is 0 Å². The summed E-state index contributed by atoms with van der Waals surface area (Å²) in [6, 6.07) is 7.59. The topological polar surface area (TPSA) is 67.4 Å². The summed E-state index contributed by atoms with van der Waals surface area (Å²) in [5, 5.41) is 13.5. The van der Waals surface area contributed by atoms with E-state index in [4.69, 9.17) is 0 Å². The zero-order valence-corrected chi connectivity index (χ0v) is 20.9. The number of hydrogen-bond donors (Lipinski definition) is 3. The number of aromatic nitrogens is 2. The highest BCUT2D eigenvalue weighted by Crippen LogP contribution is 2.41. The lowest BCUT2D eigenvalue weighted by Gasteiger charge is -2.41. The fraction of sp³-hybridized carbons (Fsp3) is 0.519. The molecule has 3 atom stereocenters. The molecule has 0 amide bonds. The van der Waals surface area contributed by atoms with Gasteiger partial charge in [-0.3, -0.25) is 14.3 Å². The van der Waals surface area contributed by atoms with Crippen LogP contribution in [0.4, 0.5) is 23.2 Å². The third-order valence-electron chi connectivity index (χ3n) is 7.53. The van der Waals surface area contributed by atoms with E-state index < -0.39 is 25.1 Å². The molecule has 37 heavy (non-hydrogen) atoms. The molecule has 3 N–H and O–H groups in total. The predicted molar refractivity (Wildman–Crippen MR) is 135 cm³/mol. The molecule has 5 rings (SSSR count). The van der Waals surface area contributed by atoms with Crippen molar-refractivity contribution in [3.63, 3.8) is 0 Å². The van der Waals surface area contributed by atoms with Gasteiger partial charge in [-0.25, -0.2) is 13.2 Å². The summed E-state index contributed by atoms with van der Waals surface area (Å²) in [7, 11) is 0. The number of nitrogens with one attached hydrogen (secondary N) is 2. The number of alkyl halides is 3. The SMILES string of the molecule is C[C@@H]1Cc2c([nH]c3ccc(F)cc23)[C@@H](c2ccc(NC3CCN(CCCF)C3)cn2)N1CC(F)(F)CO. The Labute approximate surface area is 213 Å². The van der Waals surface area contributed by atoms with Crippen molar-refractivity contribution in [1.82, 2.24) is 19.8 Å². The lowest BCUT2D eigenvalue weighted by molar-refractivity contribution is -0.0867. The van der Waals surface area contributed by atoms with E-state index in [0.29, 0.717) is 18.5 Å². The van der Waals surface area contributed by atoms with E-state index in [9.17, 15) is 22.7 Å². The summed E-state index contributed by atoms with van der Waals surface area (Å²) in [4.78, 5) is 11.9. The number of aromatic amines is 1. The zero-order valence-electron chi connectivity index (χ0n) is 20.9. The Morgan fingerprint density at radius 2 is 2.08 bits per heavy atom. The first kappa shape index (κ1) is 25.9. The van der Waals surface area contributed by atoms with Crippen LogP contribution in [0.5, 0.6) is 0 Å². The molecule has 6 nitrogen and oxygen atoms in total. The highest BCUT2D eigenvalue weighted by molar-refractivity contribution is 5.85. The number of anilines is 1. The normalized spacial score (nSPS) is 23.0. The number of fused-ring (bicyclic) bond motifs is 3. The van der Waals surface area contributed by atoms with Gasteiger partial charge in [-0.2, -0.15) is 0 Å². The molecule has 4 heterocycles. The first-order valence-electron chi connectivity index (χ1n) is 12.8. The lowest BCUT2D eigenvalue weighted by Crippen LogP contribution is -2.49. The Hall–Kier alpha value is -2.69. The molecule has 0 spiro atoms. The highest BCUT2D eigenvalue weighted by Gasteiger charge is 2.42. The molecule has 1 unspecified atom stereocenters.